The van der Waals surface area contributed by atoms with Crippen LogP contribution in [-0.2, 0) is 20.7 Å². The molecule has 0 fully saturated rings. The van der Waals surface area contributed by atoms with Gasteiger partial charge < -0.3 is 14.8 Å². The minimum Gasteiger partial charge on any atom is -0.496 e. The van der Waals surface area contributed by atoms with Crippen LogP contribution in [0.5, 0.6) is 5.75 Å². The molecule has 0 aliphatic rings. The van der Waals surface area contributed by atoms with Crippen LogP contribution in [-0.4, -0.2) is 32.1 Å². The zero-order valence-electron chi connectivity index (χ0n) is 13.0. The molecule has 0 radical (unpaired) electrons. The smallest absolute Gasteiger partial charge is 0.328 e. The summed E-state index contributed by atoms with van der Waals surface area (Å²) < 4.78 is 9.94. The van der Waals surface area contributed by atoms with Gasteiger partial charge in [0.05, 0.1) is 20.6 Å². The van der Waals surface area contributed by atoms with Gasteiger partial charge in [0, 0.05) is 5.56 Å². The number of ether oxygens (including phenoxy) is 2. The van der Waals surface area contributed by atoms with Crippen molar-refractivity contribution in [1.82, 2.24) is 5.32 Å². The van der Waals surface area contributed by atoms with E-state index < -0.39 is 12.0 Å². The maximum Gasteiger partial charge on any atom is 0.328 e. The molecule has 1 aromatic carbocycles. The van der Waals surface area contributed by atoms with E-state index in [1.165, 1.54) is 7.11 Å². The largest absolute Gasteiger partial charge is 0.496 e. The van der Waals surface area contributed by atoms with Gasteiger partial charge in [-0.05, 0) is 18.4 Å². The molecule has 21 heavy (non-hydrogen) atoms. The summed E-state index contributed by atoms with van der Waals surface area (Å²) in [4.78, 5) is 23.8. The first-order valence-electron chi connectivity index (χ1n) is 6.97. The Balaban J connectivity index is 2.71. The predicted molar refractivity (Wildman–Crippen MR) is 80.1 cm³/mol. The fourth-order valence-corrected chi connectivity index (χ4v) is 2.10. The van der Waals surface area contributed by atoms with E-state index in [4.69, 9.17) is 9.47 Å². The van der Waals surface area contributed by atoms with Gasteiger partial charge in [-0.3, -0.25) is 4.79 Å². The second-order valence-corrected chi connectivity index (χ2v) is 5.26. The third kappa shape index (κ3) is 5.45. The molecule has 116 valence electrons. The van der Waals surface area contributed by atoms with Crippen molar-refractivity contribution in [2.24, 2.45) is 5.92 Å². The van der Waals surface area contributed by atoms with E-state index in [-0.39, 0.29) is 18.2 Å². The SMILES string of the molecule is COC(=O)[C@H](CC(C)C)NC(=O)Cc1ccccc1OC. The molecular weight excluding hydrogens is 270 g/mol. The summed E-state index contributed by atoms with van der Waals surface area (Å²) in [6.45, 7) is 3.98. The summed E-state index contributed by atoms with van der Waals surface area (Å²) in [7, 11) is 2.88. The third-order valence-electron chi connectivity index (χ3n) is 3.07. The minimum atomic E-state index is -0.614. The lowest BCUT2D eigenvalue weighted by Crippen LogP contribution is -2.43. The van der Waals surface area contributed by atoms with E-state index in [0.29, 0.717) is 12.2 Å². The van der Waals surface area contributed by atoms with E-state index in [1.807, 2.05) is 32.0 Å². The van der Waals surface area contributed by atoms with Crippen molar-refractivity contribution < 1.29 is 19.1 Å². The normalized spacial score (nSPS) is 11.9. The fraction of sp³-hybridized carbons (Fsp3) is 0.500. The van der Waals surface area contributed by atoms with E-state index in [1.54, 1.807) is 13.2 Å². The highest BCUT2D eigenvalue weighted by molar-refractivity contribution is 5.85. The van der Waals surface area contributed by atoms with Crippen LogP contribution < -0.4 is 10.1 Å². The zero-order chi connectivity index (χ0) is 15.8. The Morgan fingerprint density at radius 1 is 1.19 bits per heavy atom. The summed E-state index contributed by atoms with van der Waals surface area (Å²) in [5, 5.41) is 2.73. The first-order chi connectivity index (χ1) is 9.97. The van der Waals surface area contributed by atoms with Gasteiger partial charge in [-0.1, -0.05) is 32.0 Å². The first-order valence-corrected chi connectivity index (χ1v) is 6.97. The second kappa shape index (κ2) is 8.29. The number of rotatable bonds is 7. The van der Waals surface area contributed by atoms with Crippen molar-refractivity contribution in [2.45, 2.75) is 32.7 Å². The molecule has 0 unspecified atom stereocenters. The molecule has 0 aliphatic carbocycles. The van der Waals surface area contributed by atoms with Crippen LogP contribution in [0.25, 0.3) is 0 Å². The lowest BCUT2D eigenvalue weighted by atomic mass is 10.0. The van der Waals surface area contributed by atoms with Crippen LogP contribution >= 0.6 is 0 Å². The van der Waals surface area contributed by atoms with Crippen LogP contribution in [0.4, 0.5) is 0 Å². The Morgan fingerprint density at radius 2 is 1.86 bits per heavy atom. The predicted octanol–water partition coefficient (Wildman–Crippen LogP) is 1.94. The Morgan fingerprint density at radius 3 is 2.43 bits per heavy atom. The van der Waals surface area contributed by atoms with Crippen molar-refractivity contribution in [3.8, 4) is 5.75 Å². The standard InChI is InChI=1S/C16H23NO4/c1-11(2)9-13(16(19)21-4)17-15(18)10-12-7-5-6-8-14(12)20-3/h5-8,11,13H,9-10H2,1-4H3,(H,17,18)/t13-/m0/s1. The average Bonchev–Trinajstić information content (AvgIpc) is 2.45. The Bertz CT molecular complexity index is 485. The highest BCUT2D eigenvalue weighted by atomic mass is 16.5. The molecule has 1 amide bonds. The van der Waals surface area contributed by atoms with E-state index in [2.05, 4.69) is 5.32 Å². The van der Waals surface area contributed by atoms with Gasteiger partial charge in [-0.2, -0.15) is 0 Å². The van der Waals surface area contributed by atoms with E-state index >= 15 is 0 Å². The molecule has 0 spiro atoms. The number of hydrogen-bond donors (Lipinski definition) is 1. The topological polar surface area (TPSA) is 64.6 Å². The summed E-state index contributed by atoms with van der Waals surface area (Å²) in [6.07, 6.45) is 0.708. The Hall–Kier alpha value is -2.04. The summed E-state index contributed by atoms with van der Waals surface area (Å²) >= 11 is 0. The molecule has 0 saturated heterocycles. The van der Waals surface area contributed by atoms with Gasteiger partial charge in [-0.15, -0.1) is 0 Å². The molecule has 1 atom stereocenters. The molecule has 5 nitrogen and oxygen atoms in total. The van der Waals surface area contributed by atoms with Gasteiger partial charge >= 0.3 is 5.97 Å². The van der Waals surface area contributed by atoms with Crippen LogP contribution in [0.15, 0.2) is 24.3 Å². The second-order valence-electron chi connectivity index (χ2n) is 5.26. The maximum atomic E-state index is 12.1. The van der Waals surface area contributed by atoms with Crippen molar-refractivity contribution >= 4 is 11.9 Å². The molecule has 0 bridgehead atoms. The van der Waals surface area contributed by atoms with Crippen LogP contribution in [0.2, 0.25) is 0 Å². The number of nitrogens with one attached hydrogen (secondary N) is 1. The number of hydrogen-bond acceptors (Lipinski definition) is 4. The molecule has 1 rings (SSSR count). The average molecular weight is 293 g/mol. The minimum absolute atomic E-state index is 0.162. The highest BCUT2D eigenvalue weighted by Crippen LogP contribution is 2.17. The highest BCUT2D eigenvalue weighted by Gasteiger charge is 2.22. The van der Waals surface area contributed by atoms with E-state index in [9.17, 15) is 9.59 Å². The third-order valence-corrected chi connectivity index (χ3v) is 3.07. The molecular formula is C16H23NO4. The van der Waals surface area contributed by atoms with Crippen molar-refractivity contribution in [3.05, 3.63) is 29.8 Å². The maximum absolute atomic E-state index is 12.1. The summed E-state index contributed by atoms with van der Waals surface area (Å²) in [5.41, 5.74) is 0.783. The zero-order valence-corrected chi connectivity index (χ0v) is 13.0. The van der Waals surface area contributed by atoms with Crippen LogP contribution in [0.1, 0.15) is 25.8 Å². The Kier molecular flexibility index (Phi) is 6.72. The van der Waals surface area contributed by atoms with Crippen LogP contribution in [0, 0.1) is 5.92 Å². The molecule has 0 heterocycles. The summed E-state index contributed by atoms with van der Waals surface area (Å²) in [6, 6.07) is 6.70. The number of para-hydroxylation sites is 1. The monoisotopic (exact) mass is 293 g/mol. The van der Waals surface area contributed by atoms with Gasteiger partial charge in [0.15, 0.2) is 0 Å². The molecule has 1 aromatic rings. The van der Waals surface area contributed by atoms with Crippen molar-refractivity contribution in [3.63, 3.8) is 0 Å². The molecule has 0 aliphatic heterocycles. The number of carbonyl (C=O) groups is 2. The molecule has 0 aromatic heterocycles. The number of esters is 1. The number of amides is 1. The van der Waals surface area contributed by atoms with Gasteiger partial charge in [0.1, 0.15) is 11.8 Å². The lowest BCUT2D eigenvalue weighted by molar-refractivity contribution is -0.145. The fourth-order valence-electron chi connectivity index (χ4n) is 2.10. The van der Waals surface area contributed by atoms with Gasteiger partial charge in [0.2, 0.25) is 5.91 Å². The number of benzene rings is 1. The quantitative estimate of drug-likeness (QED) is 0.780. The Labute approximate surface area is 125 Å². The van der Waals surface area contributed by atoms with Crippen molar-refractivity contribution in [2.75, 3.05) is 14.2 Å². The van der Waals surface area contributed by atoms with Gasteiger partial charge in [-0.25, -0.2) is 4.79 Å². The van der Waals surface area contributed by atoms with E-state index in [0.717, 1.165) is 5.56 Å². The number of methoxy groups -OCH3 is 2. The first kappa shape index (κ1) is 17.0. The number of carbonyl (C=O) groups excluding carboxylic acids is 2. The molecule has 1 N–H and O–H groups in total. The molecule has 5 heteroatoms. The van der Waals surface area contributed by atoms with Gasteiger partial charge in [0.25, 0.3) is 0 Å². The molecule has 0 saturated carbocycles. The van der Waals surface area contributed by atoms with Crippen molar-refractivity contribution in [1.29, 1.82) is 0 Å². The lowest BCUT2D eigenvalue weighted by Gasteiger charge is -2.18. The van der Waals surface area contributed by atoms with Crippen LogP contribution in [0.3, 0.4) is 0 Å². The summed E-state index contributed by atoms with van der Waals surface area (Å²) in [5.74, 6) is 0.291.